The van der Waals surface area contributed by atoms with Crippen molar-refractivity contribution in [2.75, 3.05) is 38.1 Å². The van der Waals surface area contributed by atoms with Crippen LogP contribution in [0.15, 0.2) is 91.0 Å². The molecule has 1 unspecified atom stereocenters. The number of hydrogen-bond acceptors (Lipinski definition) is 8. The third kappa shape index (κ3) is 9.31. The Kier molecular flexibility index (Phi) is 11.6. The Balaban J connectivity index is 1.35. The Morgan fingerprint density at radius 1 is 0.812 bits per heavy atom. The number of rotatable bonds is 12. The van der Waals surface area contributed by atoms with Gasteiger partial charge in [0.05, 0.1) is 6.61 Å². The van der Waals surface area contributed by atoms with E-state index in [-0.39, 0.29) is 30.7 Å². The molecular formula is C37H42N6O5. The zero-order valence-corrected chi connectivity index (χ0v) is 27.6. The van der Waals surface area contributed by atoms with Gasteiger partial charge < -0.3 is 29.9 Å². The summed E-state index contributed by atoms with van der Waals surface area (Å²) in [6.07, 6.45) is -0.150. The quantitative estimate of drug-likeness (QED) is 0.215. The molecule has 0 radical (unpaired) electrons. The Morgan fingerprint density at radius 2 is 1.46 bits per heavy atom. The maximum Gasteiger partial charge on any atom is 0.409 e. The summed E-state index contributed by atoms with van der Waals surface area (Å²) in [5.74, 6) is 0.870. The molecule has 1 aliphatic heterocycles. The average Bonchev–Trinajstić information content (AvgIpc) is 3.11. The zero-order chi connectivity index (χ0) is 33.9. The topological polar surface area (TPSA) is 126 Å². The fourth-order valence-electron chi connectivity index (χ4n) is 5.32. The lowest BCUT2D eigenvalue weighted by atomic mass is 10.0. The van der Waals surface area contributed by atoms with Gasteiger partial charge in [-0.3, -0.25) is 9.59 Å². The van der Waals surface area contributed by atoms with E-state index in [9.17, 15) is 14.4 Å². The maximum absolute atomic E-state index is 14.0. The Bertz CT molecular complexity index is 1660. The summed E-state index contributed by atoms with van der Waals surface area (Å²) >= 11 is 0. The highest BCUT2D eigenvalue weighted by Crippen LogP contribution is 2.20. The highest BCUT2D eigenvalue weighted by atomic mass is 16.6. The van der Waals surface area contributed by atoms with Crippen LogP contribution in [0.4, 0.5) is 10.6 Å². The highest BCUT2D eigenvalue weighted by molar-refractivity contribution is 5.97. The highest BCUT2D eigenvalue weighted by Gasteiger charge is 2.31. The molecule has 0 bridgehead atoms. The van der Waals surface area contributed by atoms with Gasteiger partial charge >= 0.3 is 6.09 Å². The predicted octanol–water partition coefficient (Wildman–Crippen LogP) is 5.18. The summed E-state index contributed by atoms with van der Waals surface area (Å²) in [6, 6.07) is 27.6. The zero-order valence-electron chi connectivity index (χ0n) is 27.6. The van der Waals surface area contributed by atoms with Gasteiger partial charge in [0.2, 0.25) is 5.91 Å². The van der Waals surface area contributed by atoms with E-state index in [1.54, 1.807) is 22.8 Å². The number of anilines is 1. The lowest BCUT2D eigenvalue weighted by molar-refractivity contribution is -0.134. The van der Waals surface area contributed by atoms with Crippen LogP contribution >= 0.6 is 0 Å². The maximum atomic E-state index is 14.0. The third-order valence-electron chi connectivity index (χ3n) is 7.76. The van der Waals surface area contributed by atoms with E-state index < -0.39 is 18.0 Å². The Hall–Kier alpha value is -5.45. The molecule has 250 valence electrons. The number of carbonyl (C=O) groups is 3. The van der Waals surface area contributed by atoms with Crippen molar-refractivity contribution in [3.8, 4) is 17.1 Å². The van der Waals surface area contributed by atoms with E-state index >= 15 is 0 Å². The number of hydrogen-bond donors (Lipinski definition) is 2. The largest absolute Gasteiger partial charge is 0.489 e. The van der Waals surface area contributed by atoms with E-state index in [4.69, 9.17) is 9.47 Å². The second kappa shape index (κ2) is 16.4. The van der Waals surface area contributed by atoms with Crippen molar-refractivity contribution in [3.05, 3.63) is 108 Å². The third-order valence-corrected chi connectivity index (χ3v) is 7.76. The molecule has 1 atom stereocenters. The molecule has 3 aromatic carbocycles. The van der Waals surface area contributed by atoms with Crippen molar-refractivity contribution in [1.29, 1.82) is 0 Å². The van der Waals surface area contributed by atoms with Crippen LogP contribution in [0.1, 0.15) is 42.4 Å². The monoisotopic (exact) mass is 650 g/mol. The molecule has 0 aliphatic carbocycles. The van der Waals surface area contributed by atoms with Gasteiger partial charge in [-0.1, -0.05) is 72.8 Å². The number of carbonyl (C=O) groups excluding carboxylic acids is 3. The molecule has 0 saturated carbocycles. The smallest absolute Gasteiger partial charge is 0.409 e. The first kappa shape index (κ1) is 33.9. The van der Waals surface area contributed by atoms with Gasteiger partial charge in [-0.25, -0.2) is 14.8 Å². The van der Waals surface area contributed by atoms with Crippen LogP contribution < -0.4 is 15.4 Å². The number of nitrogens with one attached hydrogen (secondary N) is 2. The minimum atomic E-state index is -0.889. The van der Waals surface area contributed by atoms with E-state index in [2.05, 4.69) is 20.6 Å². The molecule has 4 aromatic rings. The number of nitrogens with zero attached hydrogens (tertiary/aromatic N) is 4. The van der Waals surface area contributed by atoms with Crippen molar-refractivity contribution >= 4 is 23.7 Å². The first-order chi connectivity index (χ1) is 23.3. The molecule has 1 saturated heterocycles. The van der Waals surface area contributed by atoms with E-state index in [1.807, 2.05) is 98.8 Å². The molecule has 48 heavy (non-hydrogen) atoms. The molecule has 11 heteroatoms. The standard InChI is InChI=1S/C37H42N6O5/c1-4-47-37(46)43-21-19-42(20-22-43)36(45)32(23-27-15-17-30(18-16-27)48-25-28-11-7-5-8-12-28)40-35(44)31-24-33(38-26(2)3)41-34(39-31)29-13-9-6-10-14-29/h5-18,24,26,32H,4,19-23,25H2,1-3H3,(H,40,44)(H,38,39,41). The summed E-state index contributed by atoms with van der Waals surface area (Å²) in [4.78, 5) is 52.6. The van der Waals surface area contributed by atoms with Crippen LogP contribution in [-0.4, -0.2) is 82.5 Å². The average molecular weight is 651 g/mol. The Morgan fingerprint density at radius 3 is 2.10 bits per heavy atom. The normalized spacial score (nSPS) is 13.5. The van der Waals surface area contributed by atoms with Crippen LogP contribution in [0.25, 0.3) is 11.4 Å². The molecule has 1 fully saturated rings. The van der Waals surface area contributed by atoms with Gasteiger partial charge in [-0.15, -0.1) is 0 Å². The summed E-state index contributed by atoms with van der Waals surface area (Å²) in [6.45, 7) is 7.78. The molecule has 5 rings (SSSR count). The summed E-state index contributed by atoms with van der Waals surface area (Å²) in [7, 11) is 0. The minimum absolute atomic E-state index is 0.0710. The molecule has 11 nitrogen and oxygen atoms in total. The number of amides is 3. The number of benzene rings is 3. The van der Waals surface area contributed by atoms with E-state index in [0.717, 1.165) is 16.7 Å². The van der Waals surface area contributed by atoms with Crippen LogP contribution in [0.3, 0.4) is 0 Å². The molecule has 1 aromatic heterocycles. The lowest BCUT2D eigenvalue weighted by Gasteiger charge is -2.36. The van der Waals surface area contributed by atoms with Crippen molar-refractivity contribution in [2.45, 2.75) is 45.9 Å². The summed E-state index contributed by atoms with van der Waals surface area (Å²) in [5, 5.41) is 6.23. The van der Waals surface area contributed by atoms with E-state index in [0.29, 0.717) is 50.2 Å². The number of piperazine rings is 1. The molecular weight excluding hydrogens is 608 g/mol. The van der Waals surface area contributed by atoms with Gasteiger partial charge in [-0.2, -0.15) is 0 Å². The van der Waals surface area contributed by atoms with Crippen LogP contribution in [-0.2, 0) is 22.6 Å². The fourth-order valence-corrected chi connectivity index (χ4v) is 5.32. The van der Waals surface area contributed by atoms with Crippen molar-refractivity contribution in [1.82, 2.24) is 25.1 Å². The van der Waals surface area contributed by atoms with Crippen molar-refractivity contribution < 1.29 is 23.9 Å². The molecule has 2 heterocycles. The molecule has 3 amide bonds. The van der Waals surface area contributed by atoms with Crippen LogP contribution in [0.2, 0.25) is 0 Å². The lowest BCUT2D eigenvalue weighted by Crippen LogP contribution is -2.56. The molecule has 0 spiro atoms. The number of aromatic nitrogens is 2. The van der Waals surface area contributed by atoms with E-state index in [1.165, 1.54) is 0 Å². The second-order valence-corrected chi connectivity index (χ2v) is 11.8. The first-order valence-corrected chi connectivity index (χ1v) is 16.3. The fraction of sp³-hybridized carbons (Fsp3) is 0.324. The molecule has 2 N–H and O–H groups in total. The van der Waals surface area contributed by atoms with Gasteiger partial charge in [0.1, 0.15) is 29.9 Å². The van der Waals surface area contributed by atoms with Gasteiger partial charge in [-0.05, 0) is 44.0 Å². The second-order valence-electron chi connectivity index (χ2n) is 11.8. The first-order valence-electron chi connectivity index (χ1n) is 16.3. The summed E-state index contributed by atoms with van der Waals surface area (Å²) < 4.78 is 11.1. The van der Waals surface area contributed by atoms with Gasteiger partial charge in [0, 0.05) is 50.3 Å². The van der Waals surface area contributed by atoms with Gasteiger partial charge in [0.25, 0.3) is 5.91 Å². The van der Waals surface area contributed by atoms with Crippen molar-refractivity contribution in [3.63, 3.8) is 0 Å². The van der Waals surface area contributed by atoms with Gasteiger partial charge in [0.15, 0.2) is 5.82 Å². The number of ether oxygens (including phenoxy) is 2. The SMILES string of the molecule is CCOC(=O)N1CCN(C(=O)C(Cc2ccc(OCc3ccccc3)cc2)NC(=O)c2cc(NC(C)C)nc(-c3ccccc3)n2)CC1. The Labute approximate surface area is 281 Å². The van der Waals surface area contributed by atoms with Crippen molar-refractivity contribution in [2.24, 2.45) is 0 Å². The minimum Gasteiger partial charge on any atom is -0.489 e. The van der Waals surface area contributed by atoms with Crippen LogP contribution in [0.5, 0.6) is 5.75 Å². The molecule has 1 aliphatic rings. The predicted molar refractivity (Wildman–Crippen MR) is 184 cm³/mol. The van der Waals surface area contributed by atoms with Crippen LogP contribution in [0, 0.1) is 0 Å². The summed E-state index contributed by atoms with van der Waals surface area (Å²) in [5.41, 5.74) is 2.81.